The number of nitrogens with zero attached hydrogens (tertiary/aromatic N) is 2. The van der Waals surface area contributed by atoms with Crippen LogP contribution in [0.1, 0.15) is 6.92 Å². The quantitative estimate of drug-likeness (QED) is 0.841. The maximum Gasteiger partial charge on any atom is 0.339 e. The first-order valence-corrected chi connectivity index (χ1v) is 7.00. The monoisotopic (exact) mass is 335 g/mol. The number of esters is 1. The Morgan fingerprint density at radius 2 is 2.10 bits per heavy atom. The SMILES string of the molecule is COC(=O)C(C)(O)CNc1c(Cl)cc(Cl)c2c1N=S=N2. The van der Waals surface area contributed by atoms with E-state index in [1.807, 2.05) is 0 Å². The van der Waals surface area contributed by atoms with Crippen LogP contribution < -0.4 is 5.32 Å². The second-order valence-electron chi connectivity index (χ2n) is 4.30. The van der Waals surface area contributed by atoms with Crippen LogP contribution in [0.2, 0.25) is 10.0 Å². The lowest BCUT2D eigenvalue weighted by molar-refractivity contribution is -0.158. The lowest BCUT2D eigenvalue weighted by Crippen LogP contribution is -2.42. The number of methoxy groups -OCH3 is 1. The molecule has 1 aromatic carbocycles. The molecule has 2 rings (SSSR count). The van der Waals surface area contributed by atoms with E-state index >= 15 is 0 Å². The average Bonchev–Trinajstić information content (AvgIpc) is 2.86. The summed E-state index contributed by atoms with van der Waals surface area (Å²) in [4.78, 5) is 11.4. The Bertz CT molecular complexity index is 642. The van der Waals surface area contributed by atoms with Crippen LogP contribution >= 0.6 is 23.2 Å². The summed E-state index contributed by atoms with van der Waals surface area (Å²) in [5.74, 6) is -0.747. The summed E-state index contributed by atoms with van der Waals surface area (Å²) < 4.78 is 12.7. The third kappa shape index (κ3) is 2.80. The predicted molar refractivity (Wildman–Crippen MR) is 79.1 cm³/mol. The minimum atomic E-state index is -1.69. The fourth-order valence-electron chi connectivity index (χ4n) is 1.59. The minimum absolute atomic E-state index is 0.0896. The van der Waals surface area contributed by atoms with E-state index in [9.17, 15) is 9.90 Å². The van der Waals surface area contributed by atoms with Gasteiger partial charge in [0.25, 0.3) is 0 Å². The van der Waals surface area contributed by atoms with E-state index in [1.165, 1.54) is 20.1 Å². The number of rotatable bonds is 4. The molecule has 108 valence electrons. The number of hydrogen-bond donors (Lipinski definition) is 2. The van der Waals surface area contributed by atoms with Gasteiger partial charge in [0.1, 0.15) is 11.4 Å². The van der Waals surface area contributed by atoms with Crippen LogP contribution in [0.3, 0.4) is 0 Å². The van der Waals surface area contributed by atoms with Crippen LogP contribution in [0.4, 0.5) is 17.1 Å². The van der Waals surface area contributed by atoms with Crippen molar-refractivity contribution in [3.05, 3.63) is 16.1 Å². The summed E-state index contributed by atoms with van der Waals surface area (Å²) >= 11 is 13.1. The van der Waals surface area contributed by atoms with Crippen molar-refractivity contribution in [1.29, 1.82) is 0 Å². The molecule has 0 aliphatic carbocycles. The predicted octanol–water partition coefficient (Wildman–Crippen LogP) is 3.06. The van der Waals surface area contributed by atoms with Gasteiger partial charge >= 0.3 is 5.97 Å². The normalized spacial score (nSPS) is 15.2. The highest BCUT2D eigenvalue weighted by Crippen LogP contribution is 2.47. The standard InChI is InChI=1S/C11H11Cl2N3O3S/c1-11(18,10(17)19-2)4-14-7-5(12)3-6(13)8-9(7)16-20-15-8/h3,14,18H,4H2,1-2H3. The molecule has 0 spiro atoms. The van der Waals surface area contributed by atoms with E-state index in [0.29, 0.717) is 27.1 Å². The number of carbonyl (C=O) groups is 1. The molecular weight excluding hydrogens is 325 g/mol. The van der Waals surface area contributed by atoms with Gasteiger partial charge in [-0.3, -0.25) is 0 Å². The van der Waals surface area contributed by atoms with Crippen LogP contribution in [-0.4, -0.2) is 30.3 Å². The Morgan fingerprint density at radius 1 is 1.45 bits per heavy atom. The van der Waals surface area contributed by atoms with Crippen molar-refractivity contribution in [2.75, 3.05) is 19.0 Å². The fraction of sp³-hybridized carbons (Fsp3) is 0.364. The van der Waals surface area contributed by atoms with Crippen molar-refractivity contribution < 1.29 is 14.6 Å². The molecule has 0 saturated carbocycles. The maximum absolute atomic E-state index is 11.4. The Kier molecular flexibility index (Phi) is 4.33. The molecule has 1 aliphatic heterocycles. The number of anilines is 1. The molecule has 6 nitrogen and oxygen atoms in total. The average molecular weight is 336 g/mol. The number of hydrogen-bond acceptors (Lipinski definition) is 6. The zero-order chi connectivity index (χ0) is 14.9. The zero-order valence-corrected chi connectivity index (χ0v) is 12.9. The Morgan fingerprint density at radius 3 is 2.75 bits per heavy atom. The van der Waals surface area contributed by atoms with E-state index in [4.69, 9.17) is 23.2 Å². The van der Waals surface area contributed by atoms with Crippen molar-refractivity contribution >= 4 is 57.6 Å². The van der Waals surface area contributed by atoms with Crippen LogP contribution in [0.5, 0.6) is 0 Å². The van der Waals surface area contributed by atoms with E-state index < -0.39 is 11.6 Å². The summed E-state index contributed by atoms with van der Waals surface area (Å²) in [6.45, 7) is 1.25. The maximum atomic E-state index is 11.4. The van der Waals surface area contributed by atoms with E-state index in [1.54, 1.807) is 0 Å². The van der Waals surface area contributed by atoms with Gasteiger partial charge in [0, 0.05) is 0 Å². The summed E-state index contributed by atoms with van der Waals surface area (Å²) in [5.41, 5.74) is -0.216. The van der Waals surface area contributed by atoms with Gasteiger partial charge in [-0.05, 0) is 13.0 Å². The molecule has 0 fully saturated rings. The van der Waals surface area contributed by atoms with Gasteiger partial charge < -0.3 is 15.2 Å². The first kappa shape index (κ1) is 15.2. The molecule has 0 aromatic heterocycles. The summed E-state index contributed by atoms with van der Waals surface area (Å²) in [5, 5.41) is 13.6. The molecule has 9 heteroatoms. The summed E-state index contributed by atoms with van der Waals surface area (Å²) in [6, 6.07) is 1.53. The summed E-state index contributed by atoms with van der Waals surface area (Å²) in [7, 11) is 1.20. The van der Waals surface area contributed by atoms with Crippen molar-refractivity contribution in [3.8, 4) is 0 Å². The van der Waals surface area contributed by atoms with Crippen molar-refractivity contribution in [2.45, 2.75) is 12.5 Å². The molecule has 0 bridgehead atoms. The van der Waals surface area contributed by atoms with Gasteiger partial charge in [0.15, 0.2) is 5.60 Å². The number of carbonyl (C=O) groups excluding carboxylic acids is 1. The molecule has 1 unspecified atom stereocenters. The van der Waals surface area contributed by atoms with Gasteiger partial charge in [-0.1, -0.05) is 23.2 Å². The second kappa shape index (κ2) is 5.69. The van der Waals surface area contributed by atoms with Gasteiger partial charge in [-0.25, -0.2) is 4.79 Å². The number of ether oxygens (including phenoxy) is 1. The van der Waals surface area contributed by atoms with E-state index in [0.717, 1.165) is 11.4 Å². The third-order valence-electron chi connectivity index (χ3n) is 2.68. The number of aliphatic hydroxyl groups is 1. The molecule has 1 heterocycles. The van der Waals surface area contributed by atoms with Crippen LogP contribution in [0.15, 0.2) is 14.8 Å². The van der Waals surface area contributed by atoms with Gasteiger partial charge in [0.2, 0.25) is 0 Å². The third-order valence-corrected chi connectivity index (χ3v) is 3.79. The molecule has 1 atom stereocenters. The second-order valence-corrected chi connectivity index (χ2v) is 5.64. The van der Waals surface area contributed by atoms with Gasteiger partial charge in [-0.2, -0.15) is 8.73 Å². The molecule has 0 saturated heterocycles. The number of benzene rings is 1. The van der Waals surface area contributed by atoms with Crippen LogP contribution in [0.25, 0.3) is 0 Å². The first-order valence-electron chi connectivity index (χ1n) is 5.51. The molecular formula is C11H11Cl2N3O3S. The number of halogens is 2. The highest BCUT2D eigenvalue weighted by Gasteiger charge is 2.32. The number of nitrogens with one attached hydrogen (secondary N) is 1. The topological polar surface area (TPSA) is 83.3 Å². The van der Waals surface area contributed by atoms with Gasteiger partial charge in [-0.15, -0.1) is 0 Å². The van der Waals surface area contributed by atoms with E-state index in [-0.39, 0.29) is 6.54 Å². The molecule has 20 heavy (non-hydrogen) atoms. The van der Waals surface area contributed by atoms with Crippen molar-refractivity contribution in [3.63, 3.8) is 0 Å². The lowest BCUT2D eigenvalue weighted by Gasteiger charge is -2.22. The van der Waals surface area contributed by atoms with Crippen molar-refractivity contribution in [2.24, 2.45) is 8.73 Å². The lowest BCUT2D eigenvalue weighted by atomic mass is 10.1. The molecule has 1 aromatic rings. The minimum Gasteiger partial charge on any atom is -0.467 e. The molecule has 0 radical (unpaired) electrons. The highest BCUT2D eigenvalue weighted by molar-refractivity contribution is 7.58. The highest BCUT2D eigenvalue weighted by atomic mass is 35.5. The van der Waals surface area contributed by atoms with Gasteiger partial charge in [0.05, 0.1) is 40.7 Å². The molecule has 2 N–H and O–H groups in total. The molecule has 1 aliphatic rings. The van der Waals surface area contributed by atoms with E-state index in [2.05, 4.69) is 18.8 Å². The Labute approximate surface area is 128 Å². The summed E-state index contributed by atoms with van der Waals surface area (Å²) in [6.07, 6.45) is 0. The van der Waals surface area contributed by atoms with Crippen LogP contribution in [0, 0.1) is 0 Å². The number of fused-ring (bicyclic) bond motifs is 1. The molecule has 0 amide bonds. The fourth-order valence-corrected chi connectivity index (χ4v) is 2.77. The van der Waals surface area contributed by atoms with Crippen LogP contribution in [-0.2, 0) is 20.9 Å². The van der Waals surface area contributed by atoms with Crippen molar-refractivity contribution in [1.82, 2.24) is 0 Å². The first-order chi connectivity index (χ1) is 9.36. The smallest absolute Gasteiger partial charge is 0.339 e. The Balaban J connectivity index is 2.26. The largest absolute Gasteiger partial charge is 0.467 e. The zero-order valence-electron chi connectivity index (χ0n) is 10.6. The Hall–Kier alpha value is -1.15.